The van der Waals surface area contributed by atoms with Crippen LogP contribution in [0.2, 0.25) is 0 Å². The zero-order chi connectivity index (χ0) is 13.2. The molecule has 1 aromatic carbocycles. The summed E-state index contributed by atoms with van der Waals surface area (Å²) in [6.07, 6.45) is 2.80. The minimum absolute atomic E-state index is 0.0138. The molecule has 1 aliphatic carbocycles. The summed E-state index contributed by atoms with van der Waals surface area (Å²) in [5, 5.41) is 12.3. The number of nitrogens with one attached hydrogen (secondary N) is 1. The van der Waals surface area contributed by atoms with Crippen molar-refractivity contribution in [3.8, 4) is 0 Å². The molecular weight excluding hydrogens is 233 g/mol. The average Bonchev–Trinajstić information content (AvgIpc) is 2.72. The van der Waals surface area contributed by atoms with Crippen LogP contribution in [0.4, 0.5) is 4.39 Å². The van der Waals surface area contributed by atoms with Crippen LogP contribution in [-0.4, -0.2) is 23.7 Å². The van der Waals surface area contributed by atoms with Gasteiger partial charge in [-0.2, -0.15) is 0 Å². The minimum atomic E-state index is -0.354. The van der Waals surface area contributed by atoms with Crippen LogP contribution < -0.4 is 5.32 Å². The third-order valence-corrected chi connectivity index (χ3v) is 3.85. The largest absolute Gasteiger partial charge is 0.396 e. The molecule has 1 aromatic rings. The third kappa shape index (κ3) is 2.53. The summed E-state index contributed by atoms with van der Waals surface area (Å²) < 4.78 is 12.8. The number of rotatable bonds is 3. The van der Waals surface area contributed by atoms with Crippen LogP contribution in [-0.2, 0) is 0 Å². The van der Waals surface area contributed by atoms with Gasteiger partial charge in [-0.25, -0.2) is 4.39 Å². The van der Waals surface area contributed by atoms with Gasteiger partial charge in [0.05, 0.1) is 6.61 Å². The Kier molecular flexibility index (Phi) is 3.66. The maximum Gasteiger partial charge on any atom is 0.251 e. The Morgan fingerprint density at radius 2 is 2.17 bits per heavy atom. The smallest absolute Gasteiger partial charge is 0.251 e. The van der Waals surface area contributed by atoms with Crippen molar-refractivity contribution >= 4 is 5.91 Å². The number of carbonyl (C=O) groups is 1. The van der Waals surface area contributed by atoms with E-state index in [0.717, 1.165) is 19.3 Å². The summed E-state index contributed by atoms with van der Waals surface area (Å²) >= 11 is 0. The SMILES string of the molecule is CC1(CO)CCCC1NC(=O)c1ccc(F)cc1. The third-order valence-electron chi connectivity index (χ3n) is 3.85. The molecule has 0 spiro atoms. The highest BCUT2D eigenvalue weighted by atomic mass is 19.1. The highest BCUT2D eigenvalue weighted by molar-refractivity contribution is 5.94. The van der Waals surface area contributed by atoms with E-state index in [1.165, 1.54) is 24.3 Å². The molecular formula is C14H18FNO2. The molecule has 0 aromatic heterocycles. The minimum Gasteiger partial charge on any atom is -0.396 e. The van der Waals surface area contributed by atoms with Gasteiger partial charge in [0.15, 0.2) is 0 Å². The maximum atomic E-state index is 12.8. The Labute approximate surface area is 106 Å². The van der Waals surface area contributed by atoms with Gasteiger partial charge < -0.3 is 10.4 Å². The lowest BCUT2D eigenvalue weighted by molar-refractivity contribution is 0.0830. The van der Waals surface area contributed by atoms with E-state index < -0.39 is 0 Å². The van der Waals surface area contributed by atoms with Crippen LogP contribution in [0.1, 0.15) is 36.5 Å². The number of carbonyl (C=O) groups excluding carboxylic acids is 1. The van der Waals surface area contributed by atoms with Crippen molar-refractivity contribution in [1.82, 2.24) is 5.32 Å². The summed E-state index contributed by atoms with van der Waals surface area (Å²) in [6, 6.07) is 5.47. The van der Waals surface area contributed by atoms with E-state index in [4.69, 9.17) is 0 Å². The average molecular weight is 251 g/mol. The topological polar surface area (TPSA) is 49.3 Å². The van der Waals surface area contributed by atoms with E-state index in [9.17, 15) is 14.3 Å². The van der Waals surface area contributed by atoms with Crippen LogP contribution in [0.3, 0.4) is 0 Å². The maximum absolute atomic E-state index is 12.8. The van der Waals surface area contributed by atoms with Crippen LogP contribution in [0.15, 0.2) is 24.3 Å². The summed E-state index contributed by atoms with van der Waals surface area (Å²) in [5.74, 6) is -0.561. The molecule has 3 nitrogen and oxygen atoms in total. The Morgan fingerprint density at radius 1 is 1.50 bits per heavy atom. The van der Waals surface area contributed by atoms with E-state index in [2.05, 4.69) is 5.32 Å². The van der Waals surface area contributed by atoms with Gasteiger partial charge in [0.25, 0.3) is 5.91 Å². The lowest BCUT2D eigenvalue weighted by Gasteiger charge is -2.30. The predicted molar refractivity (Wildman–Crippen MR) is 66.7 cm³/mol. The standard InChI is InChI=1S/C14H18FNO2/c1-14(9-17)8-2-3-12(14)16-13(18)10-4-6-11(15)7-5-10/h4-7,12,17H,2-3,8-9H2,1H3,(H,16,18). The fourth-order valence-corrected chi connectivity index (χ4v) is 2.51. The molecule has 0 radical (unpaired) electrons. The molecule has 4 heteroatoms. The molecule has 0 saturated heterocycles. The van der Waals surface area contributed by atoms with Crippen molar-refractivity contribution in [2.75, 3.05) is 6.61 Å². The van der Waals surface area contributed by atoms with Gasteiger partial charge in [0.2, 0.25) is 0 Å². The quantitative estimate of drug-likeness (QED) is 0.864. The first-order chi connectivity index (χ1) is 8.55. The molecule has 1 amide bonds. The normalized spacial score (nSPS) is 27.2. The number of aliphatic hydroxyl groups is 1. The Balaban J connectivity index is 2.05. The molecule has 0 heterocycles. The lowest BCUT2D eigenvalue weighted by Crippen LogP contribution is -2.44. The Morgan fingerprint density at radius 3 is 2.78 bits per heavy atom. The first-order valence-electron chi connectivity index (χ1n) is 6.22. The second kappa shape index (κ2) is 5.06. The number of hydrogen-bond acceptors (Lipinski definition) is 2. The van der Waals surface area contributed by atoms with Gasteiger partial charge in [0, 0.05) is 17.0 Å². The number of aliphatic hydroxyl groups excluding tert-OH is 1. The first-order valence-corrected chi connectivity index (χ1v) is 6.22. The monoisotopic (exact) mass is 251 g/mol. The van der Waals surface area contributed by atoms with Gasteiger partial charge in [-0.15, -0.1) is 0 Å². The van der Waals surface area contributed by atoms with Gasteiger partial charge in [-0.1, -0.05) is 13.3 Å². The molecule has 2 N–H and O–H groups in total. The zero-order valence-electron chi connectivity index (χ0n) is 10.4. The van der Waals surface area contributed by atoms with Crippen molar-refractivity contribution in [3.05, 3.63) is 35.6 Å². The summed E-state index contributed by atoms with van der Waals surface area (Å²) in [7, 11) is 0. The number of amides is 1. The summed E-state index contributed by atoms with van der Waals surface area (Å²) in [5.41, 5.74) is 0.207. The number of hydrogen-bond donors (Lipinski definition) is 2. The Hall–Kier alpha value is -1.42. The molecule has 1 fully saturated rings. The van der Waals surface area contributed by atoms with E-state index in [1.54, 1.807) is 0 Å². The van der Waals surface area contributed by atoms with E-state index in [-0.39, 0.29) is 29.8 Å². The van der Waals surface area contributed by atoms with Crippen molar-refractivity contribution in [1.29, 1.82) is 0 Å². The lowest BCUT2D eigenvalue weighted by atomic mass is 9.85. The zero-order valence-corrected chi connectivity index (χ0v) is 10.4. The van der Waals surface area contributed by atoms with E-state index in [1.807, 2.05) is 6.92 Å². The van der Waals surface area contributed by atoms with Crippen molar-refractivity contribution in [2.24, 2.45) is 5.41 Å². The molecule has 98 valence electrons. The number of halogens is 1. The molecule has 2 atom stereocenters. The molecule has 0 bridgehead atoms. The van der Waals surface area contributed by atoms with Crippen molar-refractivity contribution < 1.29 is 14.3 Å². The van der Waals surface area contributed by atoms with Gasteiger partial charge >= 0.3 is 0 Å². The second-order valence-corrected chi connectivity index (χ2v) is 5.24. The Bertz CT molecular complexity index is 432. The van der Waals surface area contributed by atoms with Crippen LogP contribution in [0.25, 0.3) is 0 Å². The highest BCUT2D eigenvalue weighted by Gasteiger charge is 2.39. The fraction of sp³-hybridized carbons (Fsp3) is 0.500. The number of benzene rings is 1. The van der Waals surface area contributed by atoms with Crippen molar-refractivity contribution in [3.63, 3.8) is 0 Å². The highest BCUT2D eigenvalue weighted by Crippen LogP contribution is 2.37. The van der Waals surface area contributed by atoms with Crippen LogP contribution in [0.5, 0.6) is 0 Å². The van der Waals surface area contributed by atoms with E-state index >= 15 is 0 Å². The molecule has 18 heavy (non-hydrogen) atoms. The van der Waals surface area contributed by atoms with Crippen LogP contribution >= 0.6 is 0 Å². The predicted octanol–water partition coefficient (Wildman–Crippen LogP) is 2.11. The summed E-state index contributed by atoms with van der Waals surface area (Å²) in [4.78, 5) is 12.0. The molecule has 1 aliphatic rings. The molecule has 2 unspecified atom stereocenters. The van der Waals surface area contributed by atoms with Crippen LogP contribution in [0, 0.1) is 11.2 Å². The fourth-order valence-electron chi connectivity index (χ4n) is 2.51. The first kappa shape index (κ1) is 13.0. The molecule has 2 rings (SSSR count). The molecule has 1 saturated carbocycles. The van der Waals surface area contributed by atoms with Gasteiger partial charge in [-0.3, -0.25) is 4.79 Å². The van der Waals surface area contributed by atoms with E-state index in [0.29, 0.717) is 5.56 Å². The van der Waals surface area contributed by atoms with Crippen molar-refractivity contribution in [2.45, 2.75) is 32.2 Å². The van der Waals surface area contributed by atoms with Gasteiger partial charge in [-0.05, 0) is 37.1 Å². The van der Waals surface area contributed by atoms with Gasteiger partial charge in [0.1, 0.15) is 5.82 Å². The molecule has 0 aliphatic heterocycles. The second-order valence-electron chi connectivity index (χ2n) is 5.24. The summed E-state index contributed by atoms with van der Waals surface area (Å²) in [6.45, 7) is 2.05.